The molecule has 1 fully saturated rings. The summed E-state index contributed by atoms with van der Waals surface area (Å²) >= 11 is 6.48. The van der Waals surface area contributed by atoms with Gasteiger partial charge in [0.05, 0.1) is 31.5 Å². The number of benzene rings is 1. The first-order valence-corrected chi connectivity index (χ1v) is 9.39. The molecule has 0 saturated carbocycles. The predicted octanol–water partition coefficient (Wildman–Crippen LogP) is 2.68. The van der Waals surface area contributed by atoms with Gasteiger partial charge in [-0.05, 0) is 25.0 Å². The average molecular weight is 393 g/mol. The number of nitrogens with zero attached hydrogens (tertiary/aromatic N) is 2. The standard InChI is InChI=1S/C19H25ClN4O3/c1-4-24-11-13(10-22-24)18-14(6-8-16(25)23-18)21-9-12-5-7-15(26-2)19(27-3)17(12)20/h5,7,10-11,14,18,21H,4,6,8-9H2,1-3H3,(H,23,25)/t14-,18+/m1/s1. The van der Waals surface area contributed by atoms with Crippen molar-refractivity contribution in [1.82, 2.24) is 20.4 Å². The zero-order valence-corrected chi connectivity index (χ0v) is 16.5. The summed E-state index contributed by atoms with van der Waals surface area (Å²) in [5, 5.41) is 11.5. The maximum atomic E-state index is 11.9. The van der Waals surface area contributed by atoms with Crippen LogP contribution >= 0.6 is 11.6 Å². The molecule has 1 aliphatic rings. The van der Waals surface area contributed by atoms with E-state index in [-0.39, 0.29) is 18.0 Å². The molecule has 0 unspecified atom stereocenters. The molecular formula is C19H25ClN4O3. The van der Waals surface area contributed by atoms with Crippen molar-refractivity contribution in [1.29, 1.82) is 0 Å². The molecule has 2 aromatic rings. The van der Waals surface area contributed by atoms with Gasteiger partial charge in [0.25, 0.3) is 0 Å². The third-order valence-corrected chi connectivity index (χ3v) is 5.27. The Morgan fingerprint density at radius 1 is 1.37 bits per heavy atom. The Kier molecular flexibility index (Phi) is 6.23. The van der Waals surface area contributed by atoms with E-state index in [4.69, 9.17) is 21.1 Å². The maximum Gasteiger partial charge on any atom is 0.220 e. The van der Waals surface area contributed by atoms with Crippen LogP contribution in [0.25, 0.3) is 0 Å². The van der Waals surface area contributed by atoms with Gasteiger partial charge < -0.3 is 20.1 Å². The second-order valence-electron chi connectivity index (χ2n) is 6.47. The van der Waals surface area contributed by atoms with Crippen molar-refractivity contribution in [3.05, 3.63) is 40.7 Å². The molecule has 146 valence electrons. The van der Waals surface area contributed by atoms with Gasteiger partial charge in [-0.2, -0.15) is 5.10 Å². The number of carbonyl (C=O) groups excluding carboxylic acids is 1. The van der Waals surface area contributed by atoms with Gasteiger partial charge in [0, 0.05) is 37.3 Å². The lowest BCUT2D eigenvalue weighted by molar-refractivity contribution is -0.123. The molecule has 1 aromatic carbocycles. The van der Waals surface area contributed by atoms with E-state index in [2.05, 4.69) is 15.7 Å². The summed E-state index contributed by atoms with van der Waals surface area (Å²) < 4.78 is 12.5. The molecule has 1 aromatic heterocycles. The Morgan fingerprint density at radius 2 is 2.19 bits per heavy atom. The predicted molar refractivity (Wildman–Crippen MR) is 103 cm³/mol. The van der Waals surface area contributed by atoms with Crippen molar-refractivity contribution in [3.8, 4) is 11.5 Å². The van der Waals surface area contributed by atoms with Crippen LogP contribution in [0.2, 0.25) is 5.02 Å². The fourth-order valence-electron chi connectivity index (χ4n) is 3.36. The van der Waals surface area contributed by atoms with E-state index in [0.29, 0.717) is 29.5 Å². The number of methoxy groups -OCH3 is 2. The minimum absolute atomic E-state index is 0.0615. The highest BCUT2D eigenvalue weighted by molar-refractivity contribution is 6.33. The number of aryl methyl sites for hydroxylation is 1. The molecule has 1 saturated heterocycles. The number of amides is 1. The van der Waals surface area contributed by atoms with Crippen LogP contribution in [0.5, 0.6) is 11.5 Å². The van der Waals surface area contributed by atoms with Crippen LogP contribution in [-0.4, -0.2) is 35.9 Å². The first-order chi connectivity index (χ1) is 13.1. The molecule has 0 bridgehead atoms. The number of hydrogen-bond donors (Lipinski definition) is 2. The first-order valence-electron chi connectivity index (χ1n) is 9.01. The van der Waals surface area contributed by atoms with Crippen molar-refractivity contribution in [3.63, 3.8) is 0 Å². The molecule has 27 heavy (non-hydrogen) atoms. The largest absolute Gasteiger partial charge is 0.493 e. The quantitative estimate of drug-likeness (QED) is 0.757. The van der Waals surface area contributed by atoms with E-state index < -0.39 is 0 Å². The van der Waals surface area contributed by atoms with Gasteiger partial charge in [-0.25, -0.2) is 0 Å². The molecule has 1 aliphatic heterocycles. The van der Waals surface area contributed by atoms with E-state index in [9.17, 15) is 4.79 Å². The lowest BCUT2D eigenvalue weighted by Gasteiger charge is -2.32. The monoisotopic (exact) mass is 392 g/mol. The third kappa shape index (κ3) is 4.20. The normalized spacial score (nSPS) is 19.6. The van der Waals surface area contributed by atoms with E-state index in [1.165, 1.54) is 0 Å². The Morgan fingerprint density at radius 3 is 2.85 bits per heavy atom. The molecule has 0 spiro atoms. The zero-order valence-electron chi connectivity index (χ0n) is 15.8. The van der Waals surface area contributed by atoms with Crippen LogP contribution in [0, 0.1) is 0 Å². The number of nitrogens with one attached hydrogen (secondary N) is 2. The number of halogens is 1. The molecule has 7 nitrogen and oxygen atoms in total. The van der Waals surface area contributed by atoms with E-state index in [1.807, 2.05) is 36.1 Å². The number of carbonyl (C=O) groups is 1. The summed E-state index contributed by atoms with van der Waals surface area (Å²) in [7, 11) is 3.15. The zero-order chi connectivity index (χ0) is 19.4. The van der Waals surface area contributed by atoms with Crippen molar-refractivity contribution in [2.24, 2.45) is 0 Å². The SMILES string of the molecule is CCn1cc([C@@H]2NC(=O)CC[C@H]2NCc2ccc(OC)c(OC)c2Cl)cn1. The van der Waals surface area contributed by atoms with Crippen molar-refractivity contribution in [2.45, 2.75) is 44.9 Å². The highest BCUT2D eigenvalue weighted by Crippen LogP contribution is 2.37. The molecule has 1 amide bonds. The Hall–Kier alpha value is -2.25. The van der Waals surface area contributed by atoms with Gasteiger partial charge in [0.1, 0.15) is 0 Å². The van der Waals surface area contributed by atoms with Crippen LogP contribution < -0.4 is 20.1 Å². The molecule has 0 aliphatic carbocycles. The van der Waals surface area contributed by atoms with Gasteiger partial charge in [-0.15, -0.1) is 0 Å². The summed E-state index contributed by atoms with van der Waals surface area (Å²) in [6.45, 7) is 3.38. The van der Waals surface area contributed by atoms with E-state index >= 15 is 0 Å². The number of hydrogen-bond acceptors (Lipinski definition) is 5. The molecule has 2 atom stereocenters. The van der Waals surface area contributed by atoms with Crippen molar-refractivity contribution in [2.75, 3.05) is 14.2 Å². The fraction of sp³-hybridized carbons (Fsp3) is 0.474. The van der Waals surface area contributed by atoms with Gasteiger partial charge >= 0.3 is 0 Å². The summed E-state index contributed by atoms with van der Waals surface area (Å²) in [6, 6.07) is 3.72. The maximum absolute atomic E-state index is 11.9. The number of rotatable bonds is 7. The minimum atomic E-state index is -0.120. The summed E-state index contributed by atoms with van der Waals surface area (Å²) in [6.07, 6.45) is 5.04. The summed E-state index contributed by atoms with van der Waals surface area (Å²) in [5.74, 6) is 1.18. The second-order valence-corrected chi connectivity index (χ2v) is 6.85. The topological polar surface area (TPSA) is 77.4 Å². The Labute approximate surface area is 164 Å². The second kappa shape index (κ2) is 8.63. The lowest BCUT2D eigenvalue weighted by atomic mass is 9.93. The van der Waals surface area contributed by atoms with E-state index in [1.54, 1.807) is 14.2 Å². The smallest absolute Gasteiger partial charge is 0.220 e. The highest BCUT2D eigenvalue weighted by atomic mass is 35.5. The number of aromatic nitrogens is 2. The fourth-order valence-corrected chi connectivity index (χ4v) is 3.66. The number of ether oxygens (including phenoxy) is 2. The van der Waals surface area contributed by atoms with Crippen molar-refractivity contribution < 1.29 is 14.3 Å². The number of piperidine rings is 1. The molecule has 2 heterocycles. The molecule has 3 rings (SSSR count). The minimum Gasteiger partial charge on any atom is -0.493 e. The van der Waals surface area contributed by atoms with Crippen LogP contribution in [0.4, 0.5) is 0 Å². The van der Waals surface area contributed by atoms with Crippen LogP contribution in [0.3, 0.4) is 0 Å². The highest BCUT2D eigenvalue weighted by Gasteiger charge is 2.30. The summed E-state index contributed by atoms with van der Waals surface area (Å²) in [5.41, 5.74) is 1.91. The van der Waals surface area contributed by atoms with Crippen LogP contribution in [0.15, 0.2) is 24.5 Å². The average Bonchev–Trinajstić information content (AvgIpc) is 3.16. The van der Waals surface area contributed by atoms with Gasteiger partial charge in [0.2, 0.25) is 5.91 Å². The Balaban J connectivity index is 1.76. The van der Waals surface area contributed by atoms with Gasteiger partial charge in [-0.3, -0.25) is 9.48 Å². The molecule has 8 heteroatoms. The molecule has 2 N–H and O–H groups in total. The summed E-state index contributed by atoms with van der Waals surface area (Å²) in [4.78, 5) is 11.9. The van der Waals surface area contributed by atoms with Gasteiger partial charge in [0.15, 0.2) is 11.5 Å². The first kappa shape index (κ1) is 19.5. The third-order valence-electron chi connectivity index (χ3n) is 4.86. The Bertz CT molecular complexity index is 808. The molecule has 0 radical (unpaired) electrons. The van der Waals surface area contributed by atoms with Crippen LogP contribution in [-0.2, 0) is 17.9 Å². The van der Waals surface area contributed by atoms with Crippen LogP contribution in [0.1, 0.15) is 36.9 Å². The molecular weight excluding hydrogens is 368 g/mol. The van der Waals surface area contributed by atoms with Crippen molar-refractivity contribution >= 4 is 17.5 Å². The van der Waals surface area contributed by atoms with Gasteiger partial charge in [-0.1, -0.05) is 17.7 Å². The lowest BCUT2D eigenvalue weighted by Crippen LogP contribution is -2.48. The van der Waals surface area contributed by atoms with E-state index in [0.717, 1.165) is 24.1 Å².